The maximum atomic E-state index is 4.74. The van der Waals surface area contributed by atoms with Gasteiger partial charge in [-0.05, 0) is 25.2 Å². The number of aromatic nitrogens is 2. The number of anilines is 1. The van der Waals surface area contributed by atoms with Gasteiger partial charge in [-0.3, -0.25) is 4.90 Å². The summed E-state index contributed by atoms with van der Waals surface area (Å²) >= 11 is 0. The second kappa shape index (κ2) is 8.22. The molecule has 0 bridgehead atoms. The van der Waals surface area contributed by atoms with Crippen molar-refractivity contribution in [3.05, 3.63) is 17.6 Å². The first kappa shape index (κ1) is 18.2. The lowest BCUT2D eigenvalue weighted by molar-refractivity contribution is 0.120. The summed E-state index contributed by atoms with van der Waals surface area (Å²) in [5, 5.41) is 0. The molecule has 0 amide bonds. The molecular weight excluding hydrogens is 322 g/mol. The maximum Gasteiger partial charge on any atom is 0.135 e. The van der Waals surface area contributed by atoms with Gasteiger partial charge in [-0.25, -0.2) is 9.97 Å². The summed E-state index contributed by atoms with van der Waals surface area (Å²) in [4.78, 5) is 17.3. The highest BCUT2D eigenvalue weighted by atomic mass is 15.3. The Bertz CT molecular complexity index is 592. The van der Waals surface area contributed by atoms with Crippen molar-refractivity contribution in [3.63, 3.8) is 0 Å². The molecule has 144 valence electrons. The largest absolute Gasteiger partial charge is 0.354 e. The van der Waals surface area contributed by atoms with E-state index in [-0.39, 0.29) is 0 Å². The van der Waals surface area contributed by atoms with E-state index in [4.69, 9.17) is 4.98 Å². The van der Waals surface area contributed by atoms with E-state index in [2.05, 4.69) is 33.5 Å². The van der Waals surface area contributed by atoms with E-state index < -0.39 is 0 Å². The SMILES string of the molecule is CCC(C)CN1CCc2ncnc(N3CCN(C4CCC4)CC3)c2CC1. The lowest BCUT2D eigenvalue weighted by atomic mass is 9.91. The van der Waals surface area contributed by atoms with E-state index in [9.17, 15) is 0 Å². The van der Waals surface area contributed by atoms with E-state index in [1.165, 1.54) is 62.4 Å². The second-order valence-corrected chi connectivity index (χ2v) is 8.54. The summed E-state index contributed by atoms with van der Waals surface area (Å²) in [7, 11) is 0. The molecule has 5 heteroatoms. The topological polar surface area (TPSA) is 35.5 Å². The van der Waals surface area contributed by atoms with E-state index in [0.717, 1.165) is 51.0 Å². The predicted octanol–water partition coefficient (Wildman–Crippen LogP) is 2.60. The molecule has 3 heterocycles. The number of piperazine rings is 1. The van der Waals surface area contributed by atoms with Gasteiger partial charge in [0.05, 0.1) is 5.69 Å². The van der Waals surface area contributed by atoms with Crippen LogP contribution in [-0.4, -0.2) is 71.6 Å². The fourth-order valence-electron chi connectivity index (χ4n) is 4.63. The lowest BCUT2D eigenvalue weighted by Crippen LogP contribution is -2.52. The van der Waals surface area contributed by atoms with Gasteiger partial charge in [0, 0.05) is 63.8 Å². The first-order chi connectivity index (χ1) is 12.7. The van der Waals surface area contributed by atoms with Crippen molar-refractivity contribution in [3.8, 4) is 0 Å². The monoisotopic (exact) mass is 357 g/mol. The minimum Gasteiger partial charge on any atom is -0.354 e. The molecule has 1 saturated carbocycles. The van der Waals surface area contributed by atoms with Crippen LogP contribution in [0.25, 0.3) is 0 Å². The molecule has 1 aromatic heterocycles. The second-order valence-electron chi connectivity index (χ2n) is 8.54. The Kier molecular flexibility index (Phi) is 5.75. The van der Waals surface area contributed by atoms with Gasteiger partial charge < -0.3 is 9.80 Å². The Morgan fingerprint density at radius 3 is 2.50 bits per heavy atom. The Morgan fingerprint density at radius 2 is 1.81 bits per heavy atom. The van der Waals surface area contributed by atoms with Crippen LogP contribution in [0.15, 0.2) is 6.33 Å². The van der Waals surface area contributed by atoms with Crippen molar-refractivity contribution < 1.29 is 0 Å². The zero-order valence-electron chi connectivity index (χ0n) is 16.7. The summed E-state index contributed by atoms with van der Waals surface area (Å²) in [5.74, 6) is 2.01. The molecule has 3 aliphatic rings. The van der Waals surface area contributed by atoms with E-state index in [0.29, 0.717) is 0 Å². The van der Waals surface area contributed by atoms with Crippen LogP contribution in [0.4, 0.5) is 5.82 Å². The number of hydrogen-bond acceptors (Lipinski definition) is 5. The molecule has 2 fully saturated rings. The summed E-state index contributed by atoms with van der Waals surface area (Å²) in [6, 6.07) is 0.869. The van der Waals surface area contributed by atoms with E-state index in [1.54, 1.807) is 6.33 Å². The molecule has 1 unspecified atom stereocenters. The smallest absolute Gasteiger partial charge is 0.135 e. The van der Waals surface area contributed by atoms with Crippen LogP contribution < -0.4 is 4.90 Å². The zero-order chi connectivity index (χ0) is 17.9. The van der Waals surface area contributed by atoms with Gasteiger partial charge in [0.1, 0.15) is 12.1 Å². The standard InChI is InChI=1S/C21H35N5/c1-3-17(2)15-24-9-7-19-20(8-10-24)22-16-23-21(19)26-13-11-25(12-14-26)18-5-4-6-18/h16-18H,3-15H2,1-2H3. The van der Waals surface area contributed by atoms with Crippen LogP contribution in [0.3, 0.4) is 0 Å². The Hall–Kier alpha value is -1.20. The molecule has 1 atom stereocenters. The average molecular weight is 358 g/mol. The van der Waals surface area contributed by atoms with Crippen molar-refractivity contribution in [2.45, 2.75) is 58.4 Å². The molecule has 1 saturated heterocycles. The minimum absolute atomic E-state index is 0.779. The summed E-state index contributed by atoms with van der Waals surface area (Å²) in [5.41, 5.74) is 2.72. The van der Waals surface area contributed by atoms with Gasteiger partial charge in [0.25, 0.3) is 0 Å². The number of rotatable bonds is 5. The lowest BCUT2D eigenvalue weighted by Gasteiger charge is -2.43. The third-order valence-electron chi connectivity index (χ3n) is 6.83. The molecule has 5 nitrogen and oxygen atoms in total. The third-order valence-corrected chi connectivity index (χ3v) is 6.83. The van der Waals surface area contributed by atoms with Crippen molar-refractivity contribution in [2.24, 2.45) is 5.92 Å². The van der Waals surface area contributed by atoms with Crippen molar-refractivity contribution in [1.82, 2.24) is 19.8 Å². The third kappa shape index (κ3) is 3.89. The number of nitrogens with zero attached hydrogens (tertiary/aromatic N) is 5. The van der Waals surface area contributed by atoms with Crippen molar-refractivity contribution >= 4 is 5.82 Å². The summed E-state index contributed by atoms with van der Waals surface area (Å²) in [6.45, 7) is 12.8. The minimum atomic E-state index is 0.779. The molecule has 4 rings (SSSR count). The first-order valence-corrected chi connectivity index (χ1v) is 10.8. The van der Waals surface area contributed by atoms with Crippen molar-refractivity contribution in [2.75, 3.05) is 50.7 Å². The Balaban J connectivity index is 1.42. The first-order valence-electron chi connectivity index (χ1n) is 10.8. The van der Waals surface area contributed by atoms with E-state index >= 15 is 0 Å². The Morgan fingerprint density at radius 1 is 1.04 bits per heavy atom. The summed E-state index contributed by atoms with van der Waals surface area (Å²) in [6.07, 6.45) is 9.49. The average Bonchev–Trinajstić information content (AvgIpc) is 2.83. The van der Waals surface area contributed by atoms with Gasteiger partial charge in [-0.15, -0.1) is 0 Å². The molecule has 1 aromatic rings. The maximum absolute atomic E-state index is 4.74. The number of fused-ring (bicyclic) bond motifs is 1. The molecule has 1 aliphatic carbocycles. The molecule has 0 aromatic carbocycles. The molecule has 0 radical (unpaired) electrons. The Labute approximate surface area is 158 Å². The van der Waals surface area contributed by atoms with Crippen LogP contribution in [0.1, 0.15) is 50.8 Å². The highest BCUT2D eigenvalue weighted by molar-refractivity contribution is 5.49. The van der Waals surface area contributed by atoms with Gasteiger partial charge in [-0.2, -0.15) is 0 Å². The van der Waals surface area contributed by atoms with Gasteiger partial charge in [0.15, 0.2) is 0 Å². The highest BCUT2D eigenvalue weighted by Crippen LogP contribution is 2.28. The summed E-state index contributed by atoms with van der Waals surface area (Å²) < 4.78 is 0. The molecule has 2 aliphatic heterocycles. The highest BCUT2D eigenvalue weighted by Gasteiger charge is 2.29. The fourth-order valence-corrected chi connectivity index (χ4v) is 4.63. The van der Waals surface area contributed by atoms with Crippen LogP contribution >= 0.6 is 0 Å². The zero-order valence-corrected chi connectivity index (χ0v) is 16.7. The van der Waals surface area contributed by atoms with Crippen LogP contribution in [0.2, 0.25) is 0 Å². The van der Waals surface area contributed by atoms with Gasteiger partial charge >= 0.3 is 0 Å². The van der Waals surface area contributed by atoms with Gasteiger partial charge in [-0.1, -0.05) is 26.7 Å². The molecule has 26 heavy (non-hydrogen) atoms. The van der Waals surface area contributed by atoms with Gasteiger partial charge in [0.2, 0.25) is 0 Å². The fraction of sp³-hybridized carbons (Fsp3) is 0.810. The molecule has 0 spiro atoms. The molecule has 0 N–H and O–H groups in total. The van der Waals surface area contributed by atoms with Crippen LogP contribution in [0, 0.1) is 5.92 Å². The normalized spacial score (nSPS) is 24.0. The number of hydrogen-bond donors (Lipinski definition) is 0. The van der Waals surface area contributed by atoms with E-state index in [1.807, 2.05) is 0 Å². The predicted molar refractivity (Wildman–Crippen MR) is 107 cm³/mol. The van der Waals surface area contributed by atoms with Crippen molar-refractivity contribution in [1.29, 1.82) is 0 Å². The van der Waals surface area contributed by atoms with Crippen LogP contribution in [-0.2, 0) is 12.8 Å². The quantitative estimate of drug-likeness (QED) is 0.809. The van der Waals surface area contributed by atoms with Crippen LogP contribution in [0.5, 0.6) is 0 Å². The molecular formula is C21H35N5.